The maximum atomic E-state index is 12.5. The molecule has 0 saturated heterocycles. The second kappa shape index (κ2) is 9.40. The second-order valence-corrected chi connectivity index (χ2v) is 5.72. The van der Waals surface area contributed by atoms with Crippen molar-refractivity contribution in [1.29, 1.82) is 0 Å². The topological polar surface area (TPSA) is 126 Å². The molecule has 2 rings (SSSR count). The standard InChI is InChI=1S/C19H20N2O8/c1-11(29-19(23)13-6-5-7-15(26-2)17(13)28-4)18(22)20-14-9-8-12(21(24)25)10-16(14)27-3/h5-11H,1-4H3,(H,20,22). The highest BCUT2D eigenvalue weighted by Crippen LogP contribution is 2.32. The Kier molecular flexibility index (Phi) is 6.96. The molecule has 1 unspecified atom stereocenters. The molecule has 1 atom stereocenters. The minimum Gasteiger partial charge on any atom is -0.494 e. The molecule has 2 aromatic carbocycles. The van der Waals surface area contributed by atoms with E-state index in [-0.39, 0.29) is 28.4 Å². The lowest BCUT2D eigenvalue weighted by Crippen LogP contribution is -2.30. The predicted octanol–water partition coefficient (Wildman–Crippen LogP) is 2.80. The zero-order chi connectivity index (χ0) is 21.6. The molecule has 0 spiro atoms. The number of benzene rings is 2. The lowest BCUT2D eigenvalue weighted by atomic mass is 10.2. The van der Waals surface area contributed by atoms with Crippen LogP contribution >= 0.6 is 0 Å². The number of anilines is 1. The van der Waals surface area contributed by atoms with Gasteiger partial charge in [0, 0.05) is 6.07 Å². The lowest BCUT2D eigenvalue weighted by molar-refractivity contribution is -0.384. The van der Waals surface area contributed by atoms with Crippen molar-refractivity contribution in [3.8, 4) is 17.2 Å². The summed E-state index contributed by atoms with van der Waals surface area (Å²) in [7, 11) is 4.12. The van der Waals surface area contributed by atoms with Crippen LogP contribution < -0.4 is 19.5 Å². The van der Waals surface area contributed by atoms with Crippen LogP contribution in [0.2, 0.25) is 0 Å². The molecule has 10 heteroatoms. The van der Waals surface area contributed by atoms with E-state index in [2.05, 4.69) is 5.32 Å². The van der Waals surface area contributed by atoms with Gasteiger partial charge in [0.1, 0.15) is 11.3 Å². The number of methoxy groups -OCH3 is 3. The number of hydrogen-bond acceptors (Lipinski definition) is 8. The van der Waals surface area contributed by atoms with Crippen LogP contribution in [0.25, 0.3) is 0 Å². The van der Waals surface area contributed by atoms with Gasteiger partial charge in [-0.1, -0.05) is 6.07 Å². The Hall–Kier alpha value is -3.82. The largest absolute Gasteiger partial charge is 0.494 e. The van der Waals surface area contributed by atoms with Crippen LogP contribution in [0.15, 0.2) is 36.4 Å². The Morgan fingerprint density at radius 3 is 2.31 bits per heavy atom. The molecular weight excluding hydrogens is 384 g/mol. The normalized spacial score (nSPS) is 11.2. The van der Waals surface area contributed by atoms with Gasteiger partial charge in [-0.3, -0.25) is 14.9 Å². The van der Waals surface area contributed by atoms with E-state index in [0.717, 1.165) is 0 Å². The number of nitro benzene ring substituents is 1. The van der Waals surface area contributed by atoms with E-state index in [1.54, 1.807) is 12.1 Å². The first-order valence-electron chi connectivity index (χ1n) is 8.37. The molecule has 2 aromatic rings. The van der Waals surface area contributed by atoms with E-state index in [1.807, 2.05) is 0 Å². The molecule has 0 aliphatic carbocycles. The third-order valence-corrected chi connectivity index (χ3v) is 3.93. The quantitative estimate of drug-likeness (QED) is 0.404. The number of rotatable bonds is 8. The van der Waals surface area contributed by atoms with Crippen LogP contribution in [0.3, 0.4) is 0 Å². The summed E-state index contributed by atoms with van der Waals surface area (Å²) in [5, 5.41) is 13.4. The number of ether oxygens (including phenoxy) is 4. The molecule has 1 amide bonds. The number of non-ortho nitro benzene ring substituents is 1. The summed E-state index contributed by atoms with van der Waals surface area (Å²) >= 11 is 0. The molecule has 0 heterocycles. The molecule has 0 aromatic heterocycles. The Bertz CT molecular complexity index is 928. The van der Waals surface area contributed by atoms with Crippen LogP contribution in [0.4, 0.5) is 11.4 Å². The van der Waals surface area contributed by atoms with Crippen LogP contribution in [0.1, 0.15) is 17.3 Å². The fourth-order valence-electron chi connectivity index (χ4n) is 2.46. The SMILES string of the molecule is COc1cc([N+](=O)[O-])ccc1NC(=O)C(C)OC(=O)c1cccc(OC)c1OC. The summed E-state index contributed by atoms with van der Waals surface area (Å²) in [5.41, 5.74) is 0.105. The van der Waals surface area contributed by atoms with E-state index in [1.165, 1.54) is 52.5 Å². The average Bonchev–Trinajstić information content (AvgIpc) is 2.72. The van der Waals surface area contributed by atoms with Gasteiger partial charge in [-0.05, 0) is 25.1 Å². The van der Waals surface area contributed by atoms with Gasteiger partial charge in [0.15, 0.2) is 17.6 Å². The maximum Gasteiger partial charge on any atom is 0.342 e. The van der Waals surface area contributed by atoms with Crippen LogP contribution in [-0.2, 0) is 9.53 Å². The second-order valence-electron chi connectivity index (χ2n) is 5.72. The molecule has 0 saturated carbocycles. The third-order valence-electron chi connectivity index (χ3n) is 3.93. The van der Waals surface area contributed by atoms with Gasteiger partial charge in [0.2, 0.25) is 0 Å². The first-order valence-corrected chi connectivity index (χ1v) is 8.37. The van der Waals surface area contributed by atoms with Gasteiger partial charge >= 0.3 is 5.97 Å². The molecule has 154 valence electrons. The number of hydrogen-bond donors (Lipinski definition) is 1. The predicted molar refractivity (Wildman–Crippen MR) is 103 cm³/mol. The van der Waals surface area contributed by atoms with E-state index < -0.39 is 22.9 Å². The Morgan fingerprint density at radius 1 is 1.03 bits per heavy atom. The zero-order valence-corrected chi connectivity index (χ0v) is 16.3. The minimum absolute atomic E-state index is 0.0967. The lowest BCUT2D eigenvalue weighted by Gasteiger charge is -2.16. The summed E-state index contributed by atoms with van der Waals surface area (Å²) in [6.45, 7) is 1.39. The third kappa shape index (κ3) is 4.92. The monoisotopic (exact) mass is 404 g/mol. The molecule has 29 heavy (non-hydrogen) atoms. The number of nitro groups is 1. The van der Waals surface area contributed by atoms with Gasteiger partial charge in [-0.15, -0.1) is 0 Å². The number of nitrogens with one attached hydrogen (secondary N) is 1. The maximum absolute atomic E-state index is 12.5. The summed E-state index contributed by atoms with van der Waals surface area (Å²) < 4.78 is 20.6. The fourth-order valence-corrected chi connectivity index (χ4v) is 2.46. The van der Waals surface area contributed by atoms with Gasteiger partial charge in [-0.25, -0.2) is 4.79 Å². The number of carbonyl (C=O) groups excluding carboxylic acids is 2. The minimum atomic E-state index is -1.17. The Labute approximate surface area is 166 Å². The molecule has 1 N–H and O–H groups in total. The van der Waals surface area contributed by atoms with E-state index >= 15 is 0 Å². The van der Waals surface area contributed by atoms with Gasteiger partial charge in [0.05, 0.1) is 38.0 Å². The summed E-state index contributed by atoms with van der Waals surface area (Å²) in [6, 6.07) is 8.41. The van der Waals surface area contributed by atoms with Crippen molar-refractivity contribution in [3.05, 3.63) is 52.1 Å². The van der Waals surface area contributed by atoms with Gasteiger partial charge < -0.3 is 24.3 Å². The number of carbonyl (C=O) groups is 2. The molecule has 0 fully saturated rings. The van der Waals surface area contributed by atoms with E-state index in [0.29, 0.717) is 5.75 Å². The van der Waals surface area contributed by atoms with Crippen molar-refractivity contribution >= 4 is 23.3 Å². The number of esters is 1. The number of para-hydroxylation sites is 1. The number of nitrogens with zero attached hydrogens (tertiary/aromatic N) is 1. The van der Waals surface area contributed by atoms with Crippen molar-refractivity contribution in [1.82, 2.24) is 0 Å². The fraction of sp³-hybridized carbons (Fsp3) is 0.263. The van der Waals surface area contributed by atoms with Crippen molar-refractivity contribution in [3.63, 3.8) is 0 Å². The Morgan fingerprint density at radius 2 is 1.72 bits per heavy atom. The molecule has 0 radical (unpaired) electrons. The summed E-state index contributed by atoms with van der Waals surface area (Å²) in [5.74, 6) is -0.800. The highest BCUT2D eigenvalue weighted by Gasteiger charge is 2.24. The molecule has 0 aliphatic rings. The van der Waals surface area contributed by atoms with E-state index in [4.69, 9.17) is 18.9 Å². The van der Waals surface area contributed by atoms with Crippen LogP contribution in [0, 0.1) is 10.1 Å². The molecule has 0 bridgehead atoms. The Balaban J connectivity index is 2.14. The van der Waals surface area contributed by atoms with Crippen molar-refractivity contribution in [2.24, 2.45) is 0 Å². The van der Waals surface area contributed by atoms with Gasteiger partial charge in [-0.2, -0.15) is 0 Å². The van der Waals surface area contributed by atoms with Crippen molar-refractivity contribution in [2.45, 2.75) is 13.0 Å². The first-order chi connectivity index (χ1) is 13.8. The van der Waals surface area contributed by atoms with Crippen molar-refractivity contribution in [2.75, 3.05) is 26.6 Å². The highest BCUT2D eigenvalue weighted by molar-refractivity contribution is 5.99. The molecule has 10 nitrogen and oxygen atoms in total. The molecular formula is C19H20N2O8. The zero-order valence-electron chi connectivity index (χ0n) is 16.3. The smallest absolute Gasteiger partial charge is 0.342 e. The van der Waals surface area contributed by atoms with E-state index in [9.17, 15) is 19.7 Å². The van der Waals surface area contributed by atoms with Gasteiger partial charge in [0.25, 0.3) is 11.6 Å². The van der Waals surface area contributed by atoms with Crippen LogP contribution in [-0.4, -0.2) is 44.2 Å². The first kappa shape index (κ1) is 21.5. The van der Waals surface area contributed by atoms with Crippen molar-refractivity contribution < 1.29 is 33.5 Å². The molecule has 0 aliphatic heterocycles. The highest BCUT2D eigenvalue weighted by atomic mass is 16.6. The van der Waals surface area contributed by atoms with Crippen LogP contribution in [0.5, 0.6) is 17.2 Å². The number of amides is 1. The summed E-state index contributed by atoms with van der Waals surface area (Å²) in [6.07, 6.45) is -1.17. The average molecular weight is 404 g/mol. The summed E-state index contributed by atoms with van der Waals surface area (Å²) in [4.78, 5) is 35.1.